The third kappa shape index (κ3) is 2.44. The zero-order chi connectivity index (χ0) is 11.6. The molecular weight excluding hydrogens is 206 g/mol. The van der Waals surface area contributed by atoms with Crippen LogP contribution in [0.25, 0.3) is 0 Å². The fourth-order valence-corrected chi connectivity index (χ4v) is 1.63. The van der Waals surface area contributed by atoms with Gasteiger partial charge in [-0.25, -0.2) is 0 Å². The number of hydrogen-bond donors (Lipinski definition) is 4. The summed E-state index contributed by atoms with van der Waals surface area (Å²) in [5.41, 5.74) is 0. The number of nitrogens with one attached hydrogen (secondary N) is 1. The SMILES string of the molecule is O=C(O)[C@@H]1C[C@H](C(=O)O)[C@H](C(=O)O)CN1. The van der Waals surface area contributed by atoms with E-state index in [2.05, 4.69) is 5.32 Å². The minimum absolute atomic E-state index is 0.136. The van der Waals surface area contributed by atoms with Crippen molar-refractivity contribution in [2.75, 3.05) is 6.54 Å². The molecule has 0 amide bonds. The van der Waals surface area contributed by atoms with Crippen molar-refractivity contribution in [3.8, 4) is 0 Å². The van der Waals surface area contributed by atoms with Gasteiger partial charge < -0.3 is 20.6 Å². The van der Waals surface area contributed by atoms with Crippen LogP contribution < -0.4 is 5.32 Å². The molecule has 1 aliphatic rings. The summed E-state index contributed by atoms with van der Waals surface area (Å²) in [5, 5.41) is 28.7. The summed E-state index contributed by atoms with van der Waals surface area (Å²) in [4.78, 5) is 32.0. The van der Waals surface area contributed by atoms with E-state index < -0.39 is 35.8 Å². The lowest BCUT2D eigenvalue weighted by atomic mass is 9.83. The van der Waals surface area contributed by atoms with Gasteiger partial charge in [0.05, 0.1) is 11.8 Å². The largest absolute Gasteiger partial charge is 0.481 e. The van der Waals surface area contributed by atoms with E-state index in [0.29, 0.717) is 0 Å². The number of carbonyl (C=O) groups is 3. The first-order chi connectivity index (χ1) is 6.93. The topological polar surface area (TPSA) is 124 Å². The van der Waals surface area contributed by atoms with Crippen LogP contribution in [0.3, 0.4) is 0 Å². The van der Waals surface area contributed by atoms with E-state index in [1.54, 1.807) is 0 Å². The minimum Gasteiger partial charge on any atom is -0.481 e. The van der Waals surface area contributed by atoms with E-state index >= 15 is 0 Å². The van der Waals surface area contributed by atoms with Crippen LogP contribution in [-0.4, -0.2) is 45.8 Å². The van der Waals surface area contributed by atoms with Crippen molar-refractivity contribution in [2.24, 2.45) is 11.8 Å². The average molecular weight is 217 g/mol. The quantitative estimate of drug-likeness (QED) is 0.469. The smallest absolute Gasteiger partial charge is 0.320 e. The van der Waals surface area contributed by atoms with Crippen molar-refractivity contribution in [3.05, 3.63) is 0 Å². The van der Waals surface area contributed by atoms with Gasteiger partial charge in [0.25, 0.3) is 0 Å². The fourth-order valence-electron chi connectivity index (χ4n) is 1.63. The van der Waals surface area contributed by atoms with Crippen molar-refractivity contribution >= 4 is 17.9 Å². The van der Waals surface area contributed by atoms with E-state index in [9.17, 15) is 14.4 Å². The maximum Gasteiger partial charge on any atom is 0.320 e. The Kier molecular flexibility index (Phi) is 3.25. The molecule has 0 aromatic carbocycles. The first-order valence-corrected chi connectivity index (χ1v) is 4.35. The molecule has 0 saturated carbocycles. The predicted molar refractivity (Wildman–Crippen MR) is 46.3 cm³/mol. The lowest BCUT2D eigenvalue weighted by Gasteiger charge is -2.30. The molecule has 0 bridgehead atoms. The summed E-state index contributed by atoms with van der Waals surface area (Å²) in [6.07, 6.45) is -0.207. The number of rotatable bonds is 3. The zero-order valence-corrected chi connectivity index (χ0v) is 7.71. The molecule has 0 radical (unpaired) electrons. The van der Waals surface area contributed by atoms with Gasteiger partial charge in [0, 0.05) is 6.54 Å². The molecule has 1 rings (SSSR count). The van der Waals surface area contributed by atoms with Gasteiger partial charge in [0.15, 0.2) is 0 Å². The average Bonchev–Trinajstić information content (AvgIpc) is 2.16. The molecule has 0 unspecified atom stereocenters. The van der Waals surface area contributed by atoms with Crippen LogP contribution in [0.4, 0.5) is 0 Å². The van der Waals surface area contributed by atoms with Gasteiger partial charge >= 0.3 is 17.9 Å². The molecule has 84 valence electrons. The lowest BCUT2D eigenvalue weighted by Crippen LogP contribution is -2.52. The van der Waals surface area contributed by atoms with E-state index in [4.69, 9.17) is 15.3 Å². The summed E-state index contributed by atoms with van der Waals surface area (Å²) in [6, 6.07) is -0.985. The highest BCUT2D eigenvalue weighted by Gasteiger charge is 2.41. The second kappa shape index (κ2) is 4.26. The predicted octanol–water partition coefficient (Wildman–Crippen LogP) is -1.17. The molecule has 0 aliphatic carbocycles. The molecule has 1 heterocycles. The molecule has 1 fully saturated rings. The normalized spacial score (nSPS) is 30.8. The third-order valence-electron chi connectivity index (χ3n) is 2.49. The Bertz CT molecular complexity index is 302. The number of carboxylic acid groups (broad SMARTS) is 3. The van der Waals surface area contributed by atoms with Gasteiger partial charge in [-0.2, -0.15) is 0 Å². The molecule has 0 aromatic heterocycles. The highest BCUT2D eigenvalue weighted by atomic mass is 16.4. The zero-order valence-electron chi connectivity index (χ0n) is 7.71. The highest BCUT2D eigenvalue weighted by molar-refractivity contribution is 5.82. The molecule has 7 nitrogen and oxygen atoms in total. The molecule has 4 N–H and O–H groups in total. The molecule has 7 heteroatoms. The standard InChI is InChI=1S/C8H11NO6/c10-6(11)3-1-5(8(14)15)9-2-4(3)7(12)13/h3-5,9H,1-2H2,(H,10,11)(H,12,13)(H,14,15)/t3-,4+,5-/m0/s1. The van der Waals surface area contributed by atoms with Crippen LogP contribution in [0.15, 0.2) is 0 Å². The van der Waals surface area contributed by atoms with E-state index in [1.165, 1.54) is 0 Å². The highest BCUT2D eigenvalue weighted by Crippen LogP contribution is 2.23. The van der Waals surface area contributed by atoms with E-state index in [-0.39, 0.29) is 13.0 Å². The van der Waals surface area contributed by atoms with Gasteiger partial charge in [0.1, 0.15) is 6.04 Å². The first-order valence-electron chi connectivity index (χ1n) is 4.35. The molecule has 15 heavy (non-hydrogen) atoms. The molecular formula is C8H11NO6. The lowest BCUT2D eigenvalue weighted by molar-refractivity contribution is -0.157. The second-order valence-electron chi connectivity index (χ2n) is 3.42. The summed E-state index contributed by atoms with van der Waals surface area (Å²) >= 11 is 0. The maximum absolute atomic E-state index is 10.8. The Hall–Kier alpha value is -1.63. The maximum atomic E-state index is 10.8. The van der Waals surface area contributed by atoms with Crippen molar-refractivity contribution in [2.45, 2.75) is 12.5 Å². The van der Waals surface area contributed by atoms with Crippen LogP contribution in [0.2, 0.25) is 0 Å². The molecule has 1 aliphatic heterocycles. The van der Waals surface area contributed by atoms with Crippen molar-refractivity contribution in [1.29, 1.82) is 0 Å². The number of carboxylic acids is 3. The Morgan fingerprint density at radius 3 is 1.87 bits per heavy atom. The van der Waals surface area contributed by atoms with Crippen molar-refractivity contribution < 1.29 is 29.7 Å². The molecule has 0 aromatic rings. The summed E-state index contributed by atoms with van der Waals surface area (Å²) < 4.78 is 0. The Labute approximate surface area is 84.7 Å². The Balaban J connectivity index is 2.78. The summed E-state index contributed by atoms with van der Waals surface area (Å²) in [6.45, 7) is -0.136. The number of piperidine rings is 1. The number of aliphatic carboxylic acids is 3. The van der Waals surface area contributed by atoms with Crippen LogP contribution in [-0.2, 0) is 14.4 Å². The van der Waals surface area contributed by atoms with E-state index in [1.807, 2.05) is 0 Å². The fraction of sp³-hybridized carbons (Fsp3) is 0.625. The van der Waals surface area contributed by atoms with Gasteiger partial charge in [-0.1, -0.05) is 0 Å². The molecule has 3 atom stereocenters. The van der Waals surface area contributed by atoms with Gasteiger partial charge in [-0.05, 0) is 6.42 Å². The molecule has 1 saturated heterocycles. The van der Waals surface area contributed by atoms with Crippen LogP contribution in [0, 0.1) is 11.8 Å². The number of hydrogen-bond acceptors (Lipinski definition) is 4. The Morgan fingerprint density at radius 1 is 0.933 bits per heavy atom. The monoisotopic (exact) mass is 217 g/mol. The van der Waals surface area contributed by atoms with Gasteiger partial charge in [0.2, 0.25) is 0 Å². The van der Waals surface area contributed by atoms with E-state index in [0.717, 1.165) is 0 Å². The summed E-state index contributed by atoms with van der Waals surface area (Å²) in [5.74, 6) is -5.87. The minimum atomic E-state index is -1.27. The van der Waals surface area contributed by atoms with Crippen LogP contribution >= 0.6 is 0 Å². The molecule has 0 spiro atoms. The third-order valence-corrected chi connectivity index (χ3v) is 2.49. The van der Waals surface area contributed by atoms with Gasteiger partial charge in [-0.3, -0.25) is 14.4 Å². The first kappa shape index (κ1) is 11.4. The van der Waals surface area contributed by atoms with Crippen molar-refractivity contribution in [1.82, 2.24) is 5.32 Å². The van der Waals surface area contributed by atoms with Crippen LogP contribution in [0.5, 0.6) is 0 Å². The van der Waals surface area contributed by atoms with Crippen molar-refractivity contribution in [3.63, 3.8) is 0 Å². The van der Waals surface area contributed by atoms with Crippen LogP contribution in [0.1, 0.15) is 6.42 Å². The summed E-state index contributed by atoms with van der Waals surface area (Å²) in [7, 11) is 0. The second-order valence-corrected chi connectivity index (χ2v) is 3.42. The Morgan fingerprint density at radius 2 is 1.47 bits per heavy atom. The van der Waals surface area contributed by atoms with Gasteiger partial charge in [-0.15, -0.1) is 0 Å².